The summed E-state index contributed by atoms with van der Waals surface area (Å²) < 4.78 is 0. The molecule has 4 nitrogen and oxygen atoms in total. The first kappa shape index (κ1) is 15.1. The SMILES string of the molecule is CC(C)C(NCC(O)CN(C)C)c1cccnc1. The summed E-state index contributed by atoms with van der Waals surface area (Å²) in [4.78, 5) is 6.14. The minimum atomic E-state index is -0.349. The van der Waals surface area contributed by atoms with Gasteiger partial charge in [-0.25, -0.2) is 0 Å². The van der Waals surface area contributed by atoms with Gasteiger partial charge in [-0.3, -0.25) is 4.98 Å². The number of pyridine rings is 1. The van der Waals surface area contributed by atoms with E-state index in [1.165, 1.54) is 5.56 Å². The molecule has 1 rings (SSSR count). The molecule has 4 heteroatoms. The lowest BCUT2D eigenvalue weighted by molar-refractivity contribution is 0.129. The number of aliphatic hydroxyl groups excluding tert-OH is 1. The first-order valence-corrected chi connectivity index (χ1v) is 6.46. The third-order valence-electron chi connectivity index (χ3n) is 2.86. The van der Waals surface area contributed by atoms with E-state index in [9.17, 15) is 5.11 Å². The van der Waals surface area contributed by atoms with Gasteiger partial charge in [-0.15, -0.1) is 0 Å². The molecule has 1 aromatic rings. The summed E-state index contributed by atoms with van der Waals surface area (Å²) in [5.74, 6) is 0.459. The molecule has 0 aliphatic rings. The van der Waals surface area contributed by atoms with Gasteiger partial charge in [0.2, 0.25) is 0 Å². The molecule has 0 bridgehead atoms. The minimum absolute atomic E-state index is 0.232. The highest BCUT2D eigenvalue weighted by Gasteiger charge is 2.16. The largest absolute Gasteiger partial charge is 0.390 e. The van der Waals surface area contributed by atoms with Gasteiger partial charge < -0.3 is 15.3 Å². The molecule has 1 aromatic heterocycles. The van der Waals surface area contributed by atoms with Crippen LogP contribution in [0.3, 0.4) is 0 Å². The highest BCUT2D eigenvalue weighted by Crippen LogP contribution is 2.20. The maximum Gasteiger partial charge on any atom is 0.0791 e. The number of rotatable bonds is 7. The highest BCUT2D eigenvalue weighted by atomic mass is 16.3. The molecule has 0 fully saturated rings. The standard InChI is InChI=1S/C14H25N3O/c1-11(2)14(12-6-5-7-15-8-12)16-9-13(18)10-17(3)4/h5-8,11,13-14,16,18H,9-10H2,1-4H3. The molecule has 1 heterocycles. The van der Waals surface area contributed by atoms with Crippen molar-refractivity contribution in [1.29, 1.82) is 0 Å². The molecular weight excluding hydrogens is 226 g/mol. The van der Waals surface area contributed by atoms with Gasteiger partial charge in [0.05, 0.1) is 6.10 Å². The number of aromatic nitrogens is 1. The Morgan fingerprint density at radius 2 is 2.11 bits per heavy atom. The lowest BCUT2D eigenvalue weighted by Crippen LogP contribution is -2.38. The van der Waals surface area contributed by atoms with E-state index in [0.29, 0.717) is 19.0 Å². The Morgan fingerprint density at radius 1 is 1.39 bits per heavy atom. The molecule has 0 radical (unpaired) electrons. The van der Waals surface area contributed by atoms with Crippen LogP contribution in [0.1, 0.15) is 25.5 Å². The number of aliphatic hydroxyl groups is 1. The summed E-state index contributed by atoms with van der Waals surface area (Å²) in [6, 6.07) is 4.25. The van der Waals surface area contributed by atoms with E-state index < -0.39 is 0 Å². The number of nitrogens with zero attached hydrogens (tertiary/aromatic N) is 2. The fraction of sp³-hybridized carbons (Fsp3) is 0.643. The maximum atomic E-state index is 9.88. The Bertz CT molecular complexity index is 327. The van der Waals surface area contributed by atoms with E-state index in [0.717, 1.165) is 0 Å². The van der Waals surface area contributed by atoms with Crippen LogP contribution in [0.4, 0.5) is 0 Å². The summed E-state index contributed by atoms with van der Waals surface area (Å²) in [5, 5.41) is 13.3. The van der Waals surface area contributed by atoms with Gasteiger partial charge in [0.25, 0.3) is 0 Å². The minimum Gasteiger partial charge on any atom is -0.390 e. The quantitative estimate of drug-likeness (QED) is 0.767. The molecule has 0 spiro atoms. The second kappa shape index (κ2) is 7.46. The van der Waals surface area contributed by atoms with Crippen LogP contribution in [0.25, 0.3) is 0 Å². The molecule has 0 aromatic carbocycles. The van der Waals surface area contributed by atoms with Crippen LogP contribution in [0.15, 0.2) is 24.5 Å². The summed E-state index contributed by atoms with van der Waals surface area (Å²) in [6.45, 7) is 5.60. The van der Waals surface area contributed by atoms with Crippen LogP contribution >= 0.6 is 0 Å². The smallest absolute Gasteiger partial charge is 0.0791 e. The fourth-order valence-electron chi connectivity index (χ4n) is 2.05. The third-order valence-corrected chi connectivity index (χ3v) is 2.86. The number of hydrogen-bond donors (Lipinski definition) is 2. The molecule has 0 aliphatic heterocycles. The molecular formula is C14H25N3O. The van der Waals surface area contributed by atoms with Crippen molar-refractivity contribution in [2.75, 3.05) is 27.2 Å². The Balaban J connectivity index is 2.55. The third kappa shape index (κ3) is 5.12. The predicted molar refractivity (Wildman–Crippen MR) is 74.4 cm³/mol. The summed E-state index contributed by atoms with van der Waals surface area (Å²) >= 11 is 0. The van der Waals surface area contributed by atoms with Crippen molar-refractivity contribution in [2.24, 2.45) is 5.92 Å². The second-order valence-corrected chi connectivity index (χ2v) is 5.33. The van der Waals surface area contributed by atoms with Gasteiger partial charge in [-0.2, -0.15) is 0 Å². The summed E-state index contributed by atoms with van der Waals surface area (Å²) in [7, 11) is 3.93. The molecule has 102 valence electrons. The van der Waals surface area contributed by atoms with Crippen LogP contribution in [-0.4, -0.2) is 48.3 Å². The molecule has 0 aliphatic carbocycles. The van der Waals surface area contributed by atoms with Gasteiger partial charge in [0.1, 0.15) is 0 Å². The monoisotopic (exact) mass is 251 g/mol. The van der Waals surface area contributed by atoms with Crippen LogP contribution in [0.5, 0.6) is 0 Å². The van der Waals surface area contributed by atoms with E-state index in [2.05, 4.69) is 30.2 Å². The Morgan fingerprint density at radius 3 is 2.61 bits per heavy atom. The van der Waals surface area contributed by atoms with Crippen molar-refractivity contribution >= 4 is 0 Å². The van der Waals surface area contributed by atoms with Crippen LogP contribution in [-0.2, 0) is 0 Å². The number of hydrogen-bond acceptors (Lipinski definition) is 4. The van der Waals surface area contributed by atoms with Gasteiger partial charge in [-0.1, -0.05) is 19.9 Å². The molecule has 2 atom stereocenters. The number of nitrogens with one attached hydrogen (secondary N) is 1. The van der Waals surface area contributed by atoms with Gasteiger partial charge in [0.15, 0.2) is 0 Å². The lowest BCUT2D eigenvalue weighted by atomic mass is 9.97. The highest BCUT2D eigenvalue weighted by molar-refractivity contribution is 5.14. The lowest BCUT2D eigenvalue weighted by Gasteiger charge is -2.25. The molecule has 0 saturated carbocycles. The zero-order valence-electron chi connectivity index (χ0n) is 11.8. The molecule has 18 heavy (non-hydrogen) atoms. The summed E-state index contributed by atoms with van der Waals surface area (Å²) in [5.41, 5.74) is 1.17. The fourth-order valence-corrected chi connectivity index (χ4v) is 2.05. The van der Waals surface area contributed by atoms with E-state index in [1.54, 1.807) is 6.20 Å². The molecule has 2 unspecified atom stereocenters. The van der Waals surface area contributed by atoms with Gasteiger partial charge in [0, 0.05) is 31.5 Å². The number of likely N-dealkylation sites (N-methyl/N-ethyl adjacent to an activating group) is 1. The Kier molecular flexibility index (Phi) is 6.25. The molecule has 0 saturated heterocycles. The Labute approximate surface area is 110 Å². The van der Waals surface area contributed by atoms with Crippen molar-refractivity contribution in [3.8, 4) is 0 Å². The first-order valence-electron chi connectivity index (χ1n) is 6.46. The predicted octanol–water partition coefficient (Wildman–Crippen LogP) is 1.29. The zero-order valence-corrected chi connectivity index (χ0v) is 11.8. The Hall–Kier alpha value is -0.970. The van der Waals surface area contributed by atoms with Crippen molar-refractivity contribution < 1.29 is 5.11 Å². The van der Waals surface area contributed by atoms with Crippen molar-refractivity contribution in [2.45, 2.75) is 26.0 Å². The average molecular weight is 251 g/mol. The van der Waals surface area contributed by atoms with E-state index in [4.69, 9.17) is 0 Å². The van der Waals surface area contributed by atoms with Gasteiger partial charge in [-0.05, 0) is 31.6 Å². The topological polar surface area (TPSA) is 48.4 Å². The zero-order chi connectivity index (χ0) is 13.5. The van der Waals surface area contributed by atoms with Crippen molar-refractivity contribution in [3.05, 3.63) is 30.1 Å². The van der Waals surface area contributed by atoms with E-state index in [1.807, 2.05) is 31.3 Å². The average Bonchev–Trinajstić information content (AvgIpc) is 2.29. The van der Waals surface area contributed by atoms with E-state index in [-0.39, 0.29) is 12.1 Å². The van der Waals surface area contributed by atoms with Crippen LogP contribution in [0, 0.1) is 5.92 Å². The second-order valence-electron chi connectivity index (χ2n) is 5.33. The van der Waals surface area contributed by atoms with Gasteiger partial charge >= 0.3 is 0 Å². The van der Waals surface area contributed by atoms with E-state index >= 15 is 0 Å². The molecule has 2 N–H and O–H groups in total. The first-order chi connectivity index (χ1) is 8.50. The molecule has 0 amide bonds. The van der Waals surface area contributed by atoms with Crippen molar-refractivity contribution in [3.63, 3.8) is 0 Å². The maximum absolute atomic E-state index is 9.88. The van der Waals surface area contributed by atoms with Crippen LogP contribution < -0.4 is 5.32 Å². The van der Waals surface area contributed by atoms with Crippen LogP contribution in [0.2, 0.25) is 0 Å². The normalized spacial score (nSPS) is 15.1. The summed E-state index contributed by atoms with van der Waals surface area (Å²) in [6.07, 6.45) is 3.32. The van der Waals surface area contributed by atoms with Crippen molar-refractivity contribution in [1.82, 2.24) is 15.2 Å².